The standard InChI is InChI=1S/C9H15BN2O3/c1-3-13-7(2)12-5-8(4-11-12)9-6-14-15-10-9/h4-5,7,9-10H,3,6H2,1-2H3. The highest BCUT2D eigenvalue weighted by Gasteiger charge is 2.23. The Labute approximate surface area is 89.5 Å². The zero-order valence-corrected chi connectivity index (χ0v) is 9.05. The number of ether oxygens (including phenoxy) is 1. The van der Waals surface area contributed by atoms with Crippen molar-refractivity contribution in [2.24, 2.45) is 0 Å². The van der Waals surface area contributed by atoms with Gasteiger partial charge in [-0.1, -0.05) is 0 Å². The van der Waals surface area contributed by atoms with Crippen molar-refractivity contribution < 1.29 is 14.4 Å². The highest BCUT2D eigenvalue weighted by atomic mass is 17.2. The van der Waals surface area contributed by atoms with E-state index in [-0.39, 0.29) is 6.23 Å². The summed E-state index contributed by atoms with van der Waals surface area (Å²) < 4.78 is 7.26. The van der Waals surface area contributed by atoms with E-state index in [2.05, 4.69) is 5.10 Å². The van der Waals surface area contributed by atoms with Crippen LogP contribution < -0.4 is 0 Å². The lowest BCUT2D eigenvalue weighted by Crippen LogP contribution is -2.09. The zero-order valence-electron chi connectivity index (χ0n) is 9.05. The summed E-state index contributed by atoms with van der Waals surface area (Å²) in [5.41, 5.74) is 1.14. The Morgan fingerprint density at radius 2 is 2.67 bits per heavy atom. The Morgan fingerprint density at radius 3 is 3.33 bits per heavy atom. The van der Waals surface area contributed by atoms with Crippen molar-refractivity contribution in [3.05, 3.63) is 18.0 Å². The average molecular weight is 210 g/mol. The highest BCUT2D eigenvalue weighted by Crippen LogP contribution is 2.20. The predicted octanol–water partition coefficient (Wildman–Crippen LogP) is 0.792. The molecule has 0 radical (unpaired) electrons. The Balaban J connectivity index is 2.02. The lowest BCUT2D eigenvalue weighted by molar-refractivity contribution is -0.183. The number of nitrogens with zero attached hydrogens (tertiary/aromatic N) is 2. The van der Waals surface area contributed by atoms with Gasteiger partial charge >= 0.3 is 7.48 Å². The SMILES string of the molecule is CCOC(C)n1cc(C2BOOC2)cn1. The van der Waals surface area contributed by atoms with Crippen LogP contribution in [0.1, 0.15) is 31.5 Å². The van der Waals surface area contributed by atoms with E-state index in [0.717, 1.165) is 5.56 Å². The van der Waals surface area contributed by atoms with Gasteiger partial charge < -0.3 is 9.54 Å². The Kier molecular flexibility index (Phi) is 3.40. The molecule has 1 aliphatic rings. The van der Waals surface area contributed by atoms with Gasteiger partial charge in [-0.05, 0) is 19.4 Å². The molecule has 0 spiro atoms. The number of aromatic nitrogens is 2. The van der Waals surface area contributed by atoms with Crippen LogP contribution in [0.4, 0.5) is 0 Å². The van der Waals surface area contributed by atoms with E-state index in [1.807, 2.05) is 30.9 Å². The van der Waals surface area contributed by atoms with E-state index in [1.165, 1.54) is 0 Å². The lowest BCUT2D eigenvalue weighted by atomic mass is 9.78. The summed E-state index contributed by atoms with van der Waals surface area (Å²) >= 11 is 0. The normalized spacial score (nSPS) is 22.7. The first-order valence-electron chi connectivity index (χ1n) is 5.21. The van der Waals surface area contributed by atoms with Gasteiger partial charge in [-0.25, -0.2) is 4.68 Å². The van der Waals surface area contributed by atoms with Crippen molar-refractivity contribution >= 4 is 7.48 Å². The summed E-state index contributed by atoms with van der Waals surface area (Å²) in [6, 6.07) is 0. The van der Waals surface area contributed by atoms with E-state index in [0.29, 0.717) is 26.5 Å². The van der Waals surface area contributed by atoms with Gasteiger partial charge in [0.15, 0.2) is 0 Å². The van der Waals surface area contributed by atoms with Gasteiger partial charge in [0, 0.05) is 18.6 Å². The molecular formula is C9H15BN2O3. The quantitative estimate of drug-likeness (QED) is 0.544. The molecule has 2 atom stereocenters. The highest BCUT2D eigenvalue weighted by molar-refractivity contribution is 6.30. The molecule has 1 fully saturated rings. The van der Waals surface area contributed by atoms with E-state index < -0.39 is 0 Å². The lowest BCUT2D eigenvalue weighted by Gasteiger charge is -2.11. The fourth-order valence-corrected chi connectivity index (χ4v) is 1.58. The molecule has 6 heteroatoms. The largest absolute Gasteiger partial charge is 0.357 e. The van der Waals surface area contributed by atoms with Gasteiger partial charge in [0.25, 0.3) is 0 Å². The Bertz CT molecular complexity index is 312. The van der Waals surface area contributed by atoms with Crippen LogP contribution in [0.25, 0.3) is 0 Å². The molecule has 0 N–H and O–H groups in total. The second-order valence-corrected chi connectivity index (χ2v) is 3.57. The van der Waals surface area contributed by atoms with Crippen molar-refractivity contribution in [2.45, 2.75) is 25.9 Å². The molecule has 1 aliphatic heterocycles. The number of rotatable bonds is 4. The average Bonchev–Trinajstić information content (AvgIpc) is 2.89. The van der Waals surface area contributed by atoms with Gasteiger partial charge in [-0.15, -0.1) is 0 Å². The molecule has 5 nitrogen and oxygen atoms in total. The first kappa shape index (κ1) is 10.7. The van der Waals surface area contributed by atoms with Crippen LogP contribution in [-0.4, -0.2) is 30.5 Å². The molecule has 2 heterocycles. The smallest absolute Gasteiger partial charge is 0.333 e. The first-order valence-corrected chi connectivity index (χ1v) is 5.21. The first-order chi connectivity index (χ1) is 7.31. The van der Waals surface area contributed by atoms with E-state index in [1.54, 1.807) is 0 Å². The molecule has 1 aromatic rings. The van der Waals surface area contributed by atoms with Crippen molar-refractivity contribution in [1.29, 1.82) is 0 Å². The van der Waals surface area contributed by atoms with E-state index in [9.17, 15) is 0 Å². The predicted molar refractivity (Wildman–Crippen MR) is 55.5 cm³/mol. The van der Waals surface area contributed by atoms with Gasteiger partial charge in [0.2, 0.25) is 0 Å². The maximum Gasteiger partial charge on any atom is 0.333 e. The molecular weight excluding hydrogens is 195 g/mol. The Morgan fingerprint density at radius 1 is 1.80 bits per heavy atom. The molecule has 0 aromatic carbocycles. The van der Waals surface area contributed by atoms with E-state index in [4.69, 9.17) is 14.4 Å². The van der Waals surface area contributed by atoms with Gasteiger partial charge in [-0.3, -0.25) is 4.89 Å². The molecule has 0 amide bonds. The van der Waals surface area contributed by atoms with Gasteiger partial charge in [0.05, 0.1) is 12.8 Å². The van der Waals surface area contributed by atoms with Gasteiger partial charge in [0.1, 0.15) is 6.23 Å². The molecule has 0 aliphatic carbocycles. The zero-order chi connectivity index (χ0) is 10.7. The molecule has 0 saturated carbocycles. The Hall–Kier alpha value is -0.845. The van der Waals surface area contributed by atoms with Crippen LogP contribution in [0.2, 0.25) is 0 Å². The van der Waals surface area contributed by atoms with Crippen LogP contribution in [0.3, 0.4) is 0 Å². The van der Waals surface area contributed by atoms with Crippen LogP contribution >= 0.6 is 0 Å². The summed E-state index contributed by atoms with van der Waals surface area (Å²) in [5.74, 6) is 0.299. The third-order valence-electron chi connectivity index (χ3n) is 2.50. The summed E-state index contributed by atoms with van der Waals surface area (Å²) in [6.45, 7) is 5.24. The maximum atomic E-state index is 5.44. The van der Waals surface area contributed by atoms with Crippen molar-refractivity contribution in [1.82, 2.24) is 9.78 Å². The van der Waals surface area contributed by atoms with Crippen molar-refractivity contribution in [3.8, 4) is 0 Å². The van der Waals surface area contributed by atoms with Gasteiger partial charge in [-0.2, -0.15) is 5.10 Å². The summed E-state index contributed by atoms with van der Waals surface area (Å²) in [4.78, 5) is 9.72. The number of hydrogen-bond donors (Lipinski definition) is 0. The molecule has 1 aromatic heterocycles. The molecule has 1 saturated heterocycles. The molecule has 2 unspecified atom stereocenters. The fourth-order valence-electron chi connectivity index (χ4n) is 1.58. The summed E-state index contributed by atoms with van der Waals surface area (Å²) in [5, 5.41) is 4.26. The molecule has 15 heavy (non-hydrogen) atoms. The van der Waals surface area contributed by atoms with Crippen LogP contribution in [0.15, 0.2) is 12.4 Å². The molecule has 2 rings (SSSR count). The minimum Gasteiger partial charge on any atom is -0.357 e. The third-order valence-corrected chi connectivity index (χ3v) is 2.50. The van der Waals surface area contributed by atoms with Crippen molar-refractivity contribution in [2.75, 3.05) is 13.2 Å². The van der Waals surface area contributed by atoms with Crippen LogP contribution in [-0.2, 0) is 14.4 Å². The number of hydrogen-bond acceptors (Lipinski definition) is 4. The third kappa shape index (κ3) is 2.39. The minimum atomic E-state index is -0.0213. The molecule has 0 bridgehead atoms. The van der Waals surface area contributed by atoms with Crippen LogP contribution in [0, 0.1) is 0 Å². The van der Waals surface area contributed by atoms with E-state index >= 15 is 0 Å². The van der Waals surface area contributed by atoms with Crippen molar-refractivity contribution in [3.63, 3.8) is 0 Å². The second-order valence-electron chi connectivity index (χ2n) is 3.57. The second kappa shape index (κ2) is 4.78. The maximum absolute atomic E-state index is 5.44. The van der Waals surface area contributed by atoms with Crippen LogP contribution in [0.5, 0.6) is 0 Å². The fraction of sp³-hybridized carbons (Fsp3) is 0.667. The summed E-state index contributed by atoms with van der Waals surface area (Å²) in [6.07, 6.45) is 3.81. The summed E-state index contributed by atoms with van der Waals surface area (Å²) in [7, 11) is 0.606. The minimum absolute atomic E-state index is 0.0213. The molecule has 82 valence electrons. The topological polar surface area (TPSA) is 45.5 Å². The monoisotopic (exact) mass is 210 g/mol.